The van der Waals surface area contributed by atoms with Crippen molar-refractivity contribution >= 4 is 15.8 Å². The fraction of sp³-hybridized carbons (Fsp3) is 0.357. The molecule has 0 fully saturated rings. The maximum Gasteiger partial charge on any atom is 0.264 e. The summed E-state index contributed by atoms with van der Waals surface area (Å²) in [6, 6.07) is 3.17. The summed E-state index contributed by atoms with van der Waals surface area (Å²) in [4.78, 5) is 12.1. The van der Waals surface area contributed by atoms with Gasteiger partial charge in [-0.2, -0.15) is 0 Å². The molecule has 0 spiro atoms. The maximum absolute atomic E-state index is 12.3. The zero-order chi connectivity index (χ0) is 15.5. The lowest BCUT2D eigenvalue weighted by Crippen LogP contribution is -2.15. The SMILES string of the molecule is CCc1cc(S(=O)(=O)Nc2ccncn2)cnc1C(C)C. The van der Waals surface area contributed by atoms with Gasteiger partial charge in [0, 0.05) is 18.1 Å². The molecule has 0 unspecified atom stereocenters. The number of pyridine rings is 1. The molecular formula is C14H18N4O2S. The van der Waals surface area contributed by atoms with E-state index in [-0.39, 0.29) is 16.6 Å². The first-order valence-corrected chi connectivity index (χ1v) is 8.20. The lowest BCUT2D eigenvalue weighted by Gasteiger charge is -2.13. The summed E-state index contributed by atoms with van der Waals surface area (Å²) < 4.78 is 27.1. The molecule has 0 aliphatic rings. The zero-order valence-electron chi connectivity index (χ0n) is 12.2. The monoisotopic (exact) mass is 306 g/mol. The summed E-state index contributed by atoms with van der Waals surface area (Å²) in [5.41, 5.74) is 1.87. The highest BCUT2D eigenvalue weighted by molar-refractivity contribution is 7.92. The molecule has 0 atom stereocenters. The molecule has 0 aliphatic heterocycles. The number of anilines is 1. The molecule has 7 heteroatoms. The van der Waals surface area contributed by atoms with E-state index in [0.717, 1.165) is 17.7 Å². The Kier molecular flexibility index (Phi) is 4.52. The second kappa shape index (κ2) is 6.17. The molecule has 0 bridgehead atoms. The van der Waals surface area contributed by atoms with Gasteiger partial charge in [0.2, 0.25) is 0 Å². The first-order chi connectivity index (χ1) is 9.94. The zero-order valence-corrected chi connectivity index (χ0v) is 13.1. The molecule has 21 heavy (non-hydrogen) atoms. The van der Waals surface area contributed by atoms with E-state index in [1.807, 2.05) is 20.8 Å². The van der Waals surface area contributed by atoms with Gasteiger partial charge in [-0.3, -0.25) is 9.71 Å². The van der Waals surface area contributed by atoms with Gasteiger partial charge in [0.1, 0.15) is 17.0 Å². The van der Waals surface area contributed by atoms with E-state index >= 15 is 0 Å². The standard InChI is InChI=1S/C14H18N4O2S/c1-4-11-7-12(8-16-14(11)10(2)3)21(19,20)18-13-5-6-15-9-17-13/h5-10H,4H2,1-3H3,(H,15,17,18). The first-order valence-electron chi connectivity index (χ1n) is 6.71. The highest BCUT2D eigenvalue weighted by Crippen LogP contribution is 2.21. The summed E-state index contributed by atoms with van der Waals surface area (Å²) in [6.45, 7) is 6.06. The third-order valence-corrected chi connectivity index (χ3v) is 4.36. The van der Waals surface area contributed by atoms with Gasteiger partial charge in [0.05, 0.1) is 0 Å². The third kappa shape index (κ3) is 3.55. The average molecular weight is 306 g/mol. The van der Waals surface area contributed by atoms with Crippen molar-refractivity contribution in [2.75, 3.05) is 4.72 Å². The molecule has 0 saturated heterocycles. The van der Waals surface area contributed by atoms with Crippen LogP contribution < -0.4 is 4.72 Å². The number of nitrogens with zero attached hydrogens (tertiary/aromatic N) is 3. The Balaban J connectivity index is 2.37. The Hall–Kier alpha value is -2.02. The minimum Gasteiger partial charge on any atom is -0.263 e. The van der Waals surface area contributed by atoms with E-state index in [0.29, 0.717) is 0 Å². The van der Waals surface area contributed by atoms with Gasteiger partial charge in [0.25, 0.3) is 10.0 Å². The van der Waals surface area contributed by atoms with Crippen LogP contribution in [0.25, 0.3) is 0 Å². The van der Waals surface area contributed by atoms with Crippen LogP contribution in [-0.2, 0) is 16.4 Å². The smallest absolute Gasteiger partial charge is 0.263 e. The number of aromatic nitrogens is 3. The van der Waals surface area contributed by atoms with Crippen molar-refractivity contribution in [3.8, 4) is 0 Å². The fourth-order valence-corrected chi connectivity index (χ4v) is 3.00. The van der Waals surface area contributed by atoms with Crippen LogP contribution in [0.3, 0.4) is 0 Å². The molecule has 6 nitrogen and oxygen atoms in total. The average Bonchev–Trinajstić information content (AvgIpc) is 2.47. The Labute approximate surface area is 124 Å². The lowest BCUT2D eigenvalue weighted by atomic mass is 10.0. The first kappa shape index (κ1) is 15.4. The van der Waals surface area contributed by atoms with Crippen molar-refractivity contribution in [1.29, 1.82) is 0 Å². The van der Waals surface area contributed by atoms with Crippen LogP contribution in [0.4, 0.5) is 5.82 Å². The highest BCUT2D eigenvalue weighted by Gasteiger charge is 2.18. The predicted molar refractivity (Wildman–Crippen MR) is 80.5 cm³/mol. The van der Waals surface area contributed by atoms with Gasteiger partial charge < -0.3 is 0 Å². The minimum atomic E-state index is -3.69. The Morgan fingerprint density at radius 1 is 1.29 bits per heavy atom. The number of nitrogens with one attached hydrogen (secondary N) is 1. The number of sulfonamides is 1. The van der Waals surface area contributed by atoms with E-state index in [2.05, 4.69) is 19.7 Å². The maximum atomic E-state index is 12.3. The van der Waals surface area contributed by atoms with Crippen LogP contribution >= 0.6 is 0 Å². The van der Waals surface area contributed by atoms with Crippen LogP contribution in [0.5, 0.6) is 0 Å². The van der Waals surface area contributed by atoms with Gasteiger partial charge >= 0.3 is 0 Å². The van der Waals surface area contributed by atoms with Gasteiger partial charge in [-0.25, -0.2) is 18.4 Å². The summed E-state index contributed by atoms with van der Waals surface area (Å²) in [5, 5.41) is 0. The molecule has 2 aromatic rings. The van der Waals surface area contributed by atoms with Crippen molar-refractivity contribution in [1.82, 2.24) is 15.0 Å². The third-order valence-electron chi connectivity index (χ3n) is 3.04. The topological polar surface area (TPSA) is 84.8 Å². The van der Waals surface area contributed by atoms with Crippen molar-refractivity contribution in [2.45, 2.75) is 38.0 Å². The molecule has 2 aromatic heterocycles. The molecule has 1 N–H and O–H groups in total. The predicted octanol–water partition coefficient (Wildman–Crippen LogP) is 2.36. The van der Waals surface area contributed by atoms with E-state index < -0.39 is 10.0 Å². The van der Waals surface area contributed by atoms with E-state index in [4.69, 9.17) is 0 Å². The number of hydrogen-bond donors (Lipinski definition) is 1. The van der Waals surface area contributed by atoms with Crippen molar-refractivity contribution < 1.29 is 8.42 Å². The van der Waals surface area contributed by atoms with E-state index in [1.165, 1.54) is 24.8 Å². The van der Waals surface area contributed by atoms with Gasteiger partial charge in [-0.15, -0.1) is 0 Å². The molecule has 112 valence electrons. The molecule has 0 aromatic carbocycles. The second-order valence-electron chi connectivity index (χ2n) is 4.92. The van der Waals surface area contributed by atoms with E-state index in [1.54, 1.807) is 6.07 Å². The molecular weight excluding hydrogens is 288 g/mol. The van der Waals surface area contributed by atoms with Gasteiger partial charge in [0.15, 0.2) is 0 Å². The molecule has 0 amide bonds. The summed E-state index contributed by atoms with van der Waals surface area (Å²) in [6.07, 6.45) is 4.88. The van der Waals surface area contributed by atoms with Crippen LogP contribution in [0.15, 0.2) is 35.7 Å². The fourth-order valence-electron chi connectivity index (χ4n) is 2.00. The van der Waals surface area contributed by atoms with Gasteiger partial charge in [-0.1, -0.05) is 20.8 Å². The summed E-state index contributed by atoms with van der Waals surface area (Å²) in [5.74, 6) is 0.488. The van der Waals surface area contributed by atoms with Crippen molar-refractivity contribution in [3.05, 3.63) is 42.1 Å². The molecule has 2 heterocycles. The Morgan fingerprint density at radius 2 is 2.05 bits per heavy atom. The van der Waals surface area contributed by atoms with Crippen LogP contribution in [0, 0.1) is 0 Å². The highest BCUT2D eigenvalue weighted by atomic mass is 32.2. The number of aryl methyl sites for hydroxylation is 1. The van der Waals surface area contributed by atoms with E-state index in [9.17, 15) is 8.42 Å². The number of rotatable bonds is 5. The van der Waals surface area contributed by atoms with Crippen molar-refractivity contribution in [3.63, 3.8) is 0 Å². The summed E-state index contributed by atoms with van der Waals surface area (Å²) in [7, 11) is -3.69. The lowest BCUT2D eigenvalue weighted by molar-refractivity contribution is 0.600. The van der Waals surface area contributed by atoms with Crippen LogP contribution in [-0.4, -0.2) is 23.4 Å². The minimum absolute atomic E-state index is 0.141. The molecule has 0 radical (unpaired) electrons. The summed E-state index contributed by atoms with van der Waals surface area (Å²) >= 11 is 0. The Bertz CT molecular complexity index is 715. The quantitative estimate of drug-likeness (QED) is 0.916. The molecule has 2 rings (SSSR count). The number of hydrogen-bond acceptors (Lipinski definition) is 5. The molecule has 0 aliphatic carbocycles. The van der Waals surface area contributed by atoms with Crippen LogP contribution in [0.2, 0.25) is 0 Å². The second-order valence-corrected chi connectivity index (χ2v) is 6.61. The normalized spacial score (nSPS) is 11.6. The van der Waals surface area contributed by atoms with Gasteiger partial charge in [-0.05, 0) is 30.0 Å². The molecule has 0 saturated carbocycles. The van der Waals surface area contributed by atoms with Crippen molar-refractivity contribution in [2.24, 2.45) is 0 Å². The van der Waals surface area contributed by atoms with Crippen LogP contribution in [0.1, 0.15) is 37.9 Å². The Morgan fingerprint density at radius 3 is 2.62 bits per heavy atom. The largest absolute Gasteiger partial charge is 0.264 e.